The lowest BCUT2D eigenvalue weighted by Crippen LogP contribution is -2.24. The Morgan fingerprint density at radius 3 is 2.05 bits per heavy atom. The van der Waals surface area contributed by atoms with Crippen LogP contribution in [0.2, 0.25) is 0 Å². The van der Waals surface area contributed by atoms with Crippen molar-refractivity contribution in [2.24, 2.45) is 0 Å². The fraction of sp³-hybridized carbons (Fsp3) is 0.0732. The highest BCUT2D eigenvalue weighted by atomic mass is 16.5. The van der Waals surface area contributed by atoms with Gasteiger partial charge in [0, 0.05) is 27.3 Å². The van der Waals surface area contributed by atoms with Gasteiger partial charge in [0.25, 0.3) is 0 Å². The van der Waals surface area contributed by atoms with Gasteiger partial charge >= 0.3 is 0 Å². The van der Waals surface area contributed by atoms with E-state index in [4.69, 9.17) is 9.15 Å². The van der Waals surface area contributed by atoms with E-state index in [1.54, 1.807) is 0 Å². The van der Waals surface area contributed by atoms with Crippen LogP contribution < -0.4 is 4.74 Å². The van der Waals surface area contributed by atoms with E-state index in [0.29, 0.717) is 0 Å². The maximum atomic E-state index is 6.49. The fourth-order valence-corrected chi connectivity index (χ4v) is 7.22. The Balaban J connectivity index is 1.26. The van der Waals surface area contributed by atoms with Crippen LogP contribution >= 0.6 is 0 Å². The zero-order valence-electron chi connectivity index (χ0n) is 24.0. The second-order valence-corrected chi connectivity index (χ2v) is 12.1. The molecule has 0 aliphatic carbocycles. The van der Waals surface area contributed by atoms with Crippen molar-refractivity contribution in [2.45, 2.75) is 19.3 Å². The van der Waals surface area contributed by atoms with Gasteiger partial charge in [0.05, 0.1) is 0 Å². The molecule has 0 amide bonds. The number of furan rings is 1. The summed E-state index contributed by atoms with van der Waals surface area (Å²) in [6.45, 7) is 4.56. The molecule has 2 nitrogen and oxygen atoms in total. The lowest BCUT2D eigenvalue weighted by atomic mass is 9.75. The highest BCUT2D eigenvalue weighted by Crippen LogP contribution is 2.49. The smallest absolute Gasteiger partial charge is 0.136 e. The molecule has 1 aliphatic heterocycles. The first-order chi connectivity index (χ1) is 21.1. The Kier molecular flexibility index (Phi) is 4.99. The van der Waals surface area contributed by atoms with Crippen molar-refractivity contribution < 1.29 is 9.15 Å². The van der Waals surface area contributed by atoms with Gasteiger partial charge in [-0.25, -0.2) is 0 Å². The summed E-state index contributed by atoms with van der Waals surface area (Å²) < 4.78 is 12.9. The highest BCUT2D eigenvalue weighted by molar-refractivity contribution is 6.24. The SMILES string of the molecule is CC1(C)c2ccccc2Oc2cc(-c3ccc(-c4cccc5oc6ccc7ccccc7c6c45)c4ccccc34)ccc21. The van der Waals surface area contributed by atoms with Gasteiger partial charge in [0.2, 0.25) is 0 Å². The Morgan fingerprint density at radius 1 is 0.465 bits per heavy atom. The topological polar surface area (TPSA) is 22.4 Å². The fourth-order valence-electron chi connectivity index (χ4n) is 7.22. The van der Waals surface area contributed by atoms with Crippen LogP contribution in [-0.4, -0.2) is 0 Å². The van der Waals surface area contributed by atoms with Crippen LogP contribution in [0.5, 0.6) is 11.5 Å². The zero-order chi connectivity index (χ0) is 28.7. The first-order valence-corrected chi connectivity index (χ1v) is 14.9. The standard InChI is InChI=1S/C41H28O2/c1-41(2)33-15-7-8-16-35(33)42-38-24-26(18-22-34(38)41)27-20-21-31(30-13-6-5-12-29(27)30)32-14-9-17-36-40(32)39-28-11-4-3-10-25(28)19-23-37(39)43-36/h3-24H,1-2H3. The molecule has 0 radical (unpaired) electrons. The van der Waals surface area contributed by atoms with Gasteiger partial charge < -0.3 is 9.15 Å². The zero-order valence-corrected chi connectivity index (χ0v) is 24.0. The van der Waals surface area contributed by atoms with Gasteiger partial charge in [-0.15, -0.1) is 0 Å². The molecule has 8 aromatic rings. The molecule has 0 fully saturated rings. The van der Waals surface area contributed by atoms with Crippen LogP contribution in [0.1, 0.15) is 25.0 Å². The van der Waals surface area contributed by atoms with Crippen molar-refractivity contribution in [3.05, 3.63) is 145 Å². The number of para-hydroxylation sites is 1. The lowest BCUT2D eigenvalue weighted by Gasteiger charge is -2.34. The van der Waals surface area contributed by atoms with Crippen molar-refractivity contribution in [3.8, 4) is 33.8 Å². The third kappa shape index (κ3) is 3.47. The summed E-state index contributed by atoms with van der Waals surface area (Å²) >= 11 is 0. The third-order valence-corrected chi connectivity index (χ3v) is 9.35. The van der Waals surface area contributed by atoms with E-state index in [1.807, 2.05) is 6.07 Å². The number of hydrogen-bond donors (Lipinski definition) is 0. The van der Waals surface area contributed by atoms with Crippen LogP contribution in [0.3, 0.4) is 0 Å². The van der Waals surface area contributed by atoms with Gasteiger partial charge in [-0.1, -0.05) is 123 Å². The Labute approximate surface area is 249 Å². The minimum absolute atomic E-state index is 0.134. The molecule has 0 saturated carbocycles. The number of benzene rings is 7. The molecule has 43 heavy (non-hydrogen) atoms. The second-order valence-electron chi connectivity index (χ2n) is 12.1. The average molecular weight is 553 g/mol. The summed E-state index contributed by atoms with van der Waals surface area (Å²) in [4.78, 5) is 0. The van der Waals surface area contributed by atoms with Crippen LogP contribution in [0.15, 0.2) is 138 Å². The van der Waals surface area contributed by atoms with Crippen molar-refractivity contribution in [3.63, 3.8) is 0 Å². The molecule has 0 bridgehead atoms. The van der Waals surface area contributed by atoms with Crippen LogP contribution in [0.25, 0.3) is 65.7 Å². The van der Waals surface area contributed by atoms with E-state index >= 15 is 0 Å². The summed E-state index contributed by atoms with van der Waals surface area (Å²) in [6.07, 6.45) is 0. The number of hydrogen-bond acceptors (Lipinski definition) is 2. The molecule has 0 saturated heterocycles. The van der Waals surface area contributed by atoms with Gasteiger partial charge in [0.1, 0.15) is 22.7 Å². The molecule has 0 unspecified atom stereocenters. The monoisotopic (exact) mass is 552 g/mol. The molecule has 1 aliphatic rings. The molecule has 0 spiro atoms. The molecule has 7 aromatic carbocycles. The van der Waals surface area contributed by atoms with Gasteiger partial charge in [-0.05, 0) is 68.1 Å². The number of rotatable bonds is 2. The number of fused-ring (bicyclic) bond motifs is 8. The first-order valence-electron chi connectivity index (χ1n) is 14.9. The first kappa shape index (κ1) is 24.3. The van der Waals surface area contributed by atoms with Crippen LogP contribution in [0, 0.1) is 0 Å². The minimum atomic E-state index is -0.134. The van der Waals surface area contributed by atoms with E-state index in [0.717, 1.165) is 33.6 Å². The molecule has 2 heteroatoms. The summed E-state index contributed by atoms with van der Waals surface area (Å²) in [5.74, 6) is 1.86. The van der Waals surface area contributed by atoms with Crippen molar-refractivity contribution in [2.75, 3.05) is 0 Å². The van der Waals surface area contributed by atoms with Crippen LogP contribution in [0.4, 0.5) is 0 Å². The predicted octanol–water partition coefficient (Wildman–Crippen LogP) is 11.7. The molecule has 0 N–H and O–H groups in total. The molecular formula is C41H28O2. The predicted molar refractivity (Wildman–Crippen MR) is 178 cm³/mol. The van der Waals surface area contributed by atoms with Crippen molar-refractivity contribution in [1.82, 2.24) is 0 Å². The maximum absolute atomic E-state index is 6.49. The largest absolute Gasteiger partial charge is 0.457 e. The molecule has 0 atom stereocenters. The van der Waals surface area contributed by atoms with Gasteiger partial charge in [-0.2, -0.15) is 0 Å². The molecule has 9 rings (SSSR count). The molecular weight excluding hydrogens is 524 g/mol. The van der Waals surface area contributed by atoms with E-state index in [1.165, 1.54) is 54.7 Å². The summed E-state index contributed by atoms with van der Waals surface area (Å²) in [5, 5.41) is 7.19. The van der Waals surface area contributed by atoms with Crippen LogP contribution in [-0.2, 0) is 5.41 Å². The molecule has 1 aromatic heterocycles. The van der Waals surface area contributed by atoms with Gasteiger partial charge in [-0.3, -0.25) is 0 Å². The van der Waals surface area contributed by atoms with E-state index in [2.05, 4.69) is 141 Å². The van der Waals surface area contributed by atoms with E-state index < -0.39 is 0 Å². The quantitative estimate of drug-likeness (QED) is 0.213. The Hall–Kier alpha value is -5.34. The summed E-state index contributed by atoms with van der Waals surface area (Å²) in [5.41, 5.74) is 8.84. The number of ether oxygens (including phenoxy) is 1. The second kappa shape index (κ2) is 8.83. The van der Waals surface area contributed by atoms with Crippen molar-refractivity contribution >= 4 is 43.5 Å². The minimum Gasteiger partial charge on any atom is -0.457 e. The molecule has 2 heterocycles. The van der Waals surface area contributed by atoms with E-state index in [9.17, 15) is 0 Å². The Bertz CT molecular complexity index is 2410. The average Bonchev–Trinajstić information content (AvgIpc) is 3.44. The highest BCUT2D eigenvalue weighted by Gasteiger charge is 2.34. The van der Waals surface area contributed by atoms with Crippen molar-refractivity contribution in [1.29, 1.82) is 0 Å². The summed E-state index contributed by atoms with van der Waals surface area (Å²) in [6, 6.07) is 47.6. The maximum Gasteiger partial charge on any atom is 0.136 e. The Morgan fingerprint density at radius 2 is 1.16 bits per heavy atom. The third-order valence-electron chi connectivity index (χ3n) is 9.35. The summed E-state index contributed by atoms with van der Waals surface area (Å²) in [7, 11) is 0. The van der Waals surface area contributed by atoms with E-state index in [-0.39, 0.29) is 5.41 Å². The lowest BCUT2D eigenvalue weighted by molar-refractivity contribution is 0.418. The normalized spacial score (nSPS) is 13.7. The van der Waals surface area contributed by atoms with Gasteiger partial charge in [0.15, 0.2) is 0 Å². The molecule has 204 valence electrons.